The molecule has 1 saturated heterocycles. The minimum atomic E-state index is -0.535. The summed E-state index contributed by atoms with van der Waals surface area (Å²) in [5.74, 6) is 0.279. The van der Waals surface area contributed by atoms with Crippen molar-refractivity contribution in [2.45, 2.75) is 27.2 Å². The first-order chi connectivity index (χ1) is 9.94. The Kier molecular flexibility index (Phi) is 2.35. The fourth-order valence-corrected chi connectivity index (χ4v) is 4.49. The van der Waals surface area contributed by atoms with Gasteiger partial charge in [-0.15, -0.1) is 0 Å². The van der Waals surface area contributed by atoms with Crippen molar-refractivity contribution in [3.8, 4) is 0 Å². The van der Waals surface area contributed by atoms with Crippen molar-refractivity contribution in [1.29, 1.82) is 0 Å². The minimum absolute atomic E-state index is 0.00644. The maximum atomic E-state index is 13.0. The van der Waals surface area contributed by atoms with Crippen molar-refractivity contribution in [1.82, 2.24) is 0 Å². The zero-order valence-electron chi connectivity index (χ0n) is 12.6. The lowest BCUT2D eigenvalue weighted by molar-refractivity contribution is -0.127. The number of rotatable bonds is 1. The summed E-state index contributed by atoms with van der Waals surface area (Å²) < 4.78 is 0. The molecule has 1 aromatic rings. The highest BCUT2D eigenvalue weighted by Crippen LogP contribution is 2.61. The molecule has 1 heterocycles. The van der Waals surface area contributed by atoms with Gasteiger partial charge in [-0.05, 0) is 56.2 Å². The maximum absolute atomic E-state index is 13.0. The fourth-order valence-electron chi connectivity index (χ4n) is 4.49. The van der Waals surface area contributed by atoms with Crippen LogP contribution in [-0.4, -0.2) is 11.8 Å². The summed E-state index contributed by atoms with van der Waals surface area (Å²) in [6.07, 6.45) is 5.23. The summed E-state index contributed by atoms with van der Waals surface area (Å²) >= 11 is 0. The molecule has 4 rings (SSSR count). The molecule has 2 aliphatic carbocycles. The van der Waals surface area contributed by atoms with Gasteiger partial charge >= 0.3 is 0 Å². The molecule has 0 N–H and O–H groups in total. The summed E-state index contributed by atoms with van der Waals surface area (Å²) in [5, 5.41) is 0. The van der Waals surface area contributed by atoms with Crippen molar-refractivity contribution in [3.63, 3.8) is 0 Å². The zero-order valence-corrected chi connectivity index (χ0v) is 12.6. The lowest BCUT2D eigenvalue weighted by atomic mass is 9.71. The molecule has 3 aliphatic rings. The molecular weight excluding hydrogens is 262 g/mol. The van der Waals surface area contributed by atoms with Gasteiger partial charge in [0.25, 0.3) is 0 Å². The summed E-state index contributed by atoms with van der Waals surface area (Å²) in [4.78, 5) is 27.4. The molecule has 1 aliphatic heterocycles. The maximum Gasteiger partial charge on any atom is 0.241 e. The first-order valence-corrected chi connectivity index (χ1v) is 7.58. The van der Waals surface area contributed by atoms with E-state index in [0.29, 0.717) is 0 Å². The second-order valence-corrected chi connectivity index (χ2v) is 6.92. The van der Waals surface area contributed by atoms with E-state index in [9.17, 15) is 9.59 Å². The number of amides is 2. The Labute approximate surface area is 124 Å². The van der Waals surface area contributed by atoms with Crippen LogP contribution in [0, 0.1) is 37.0 Å². The minimum Gasteiger partial charge on any atom is -0.274 e. The number of hydrogen-bond donors (Lipinski definition) is 0. The summed E-state index contributed by atoms with van der Waals surface area (Å²) in [7, 11) is 0. The number of allylic oxidation sites excluding steroid dienone is 2. The van der Waals surface area contributed by atoms with Gasteiger partial charge < -0.3 is 0 Å². The van der Waals surface area contributed by atoms with Crippen LogP contribution in [0.5, 0.6) is 0 Å². The van der Waals surface area contributed by atoms with Crippen LogP contribution < -0.4 is 4.90 Å². The molecule has 0 unspecified atom stereocenters. The number of hydrogen-bond acceptors (Lipinski definition) is 2. The van der Waals surface area contributed by atoms with Crippen LogP contribution in [0.15, 0.2) is 30.4 Å². The highest BCUT2D eigenvalue weighted by Gasteiger charge is 2.67. The molecule has 1 saturated carbocycles. The highest BCUT2D eigenvalue weighted by molar-refractivity contribution is 6.24. The summed E-state index contributed by atoms with van der Waals surface area (Å²) in [6, 6.07) is 5.94. The SMILES string of the molecule is Cc1ccc(C)c(N2C(=O)[C@H]3[C@H]4C=C[C@@H](C4)[C@]3(C)C2=O)c1. The number of carbonyl (C=O) groups excluding carboxylic acids is 2. The van der Waals surface area contributed by atoms with Crippen molar-refractivity contribution < 1.29 is 9.59 Å². The fraction of sp³-hybridized carbons (Fsp3) is 0.444. The van der Waals surface area contributed by atoms with Crippen LogP contribution in [0.1, 0.15) is 24.5 Å². The average molecular weight is 281 g/mol. The third kappa shape index (κ3) is 1.39. The number of fused-ring (bicyclic) bond motifs is 5. The first kappa shape index (κ1) is 12.8. The van der Waals surface area contributed by atoms with Crippen LogP contribution in [0.4, 0.5) is 5.69 Å². The van der Waals surface area contributed by atoms with Gasteiger partial charge in [0.05, 0.1) is 17.0 Å². The number of benzene rings is 1. The van der Waals surface area contributed by atoms with E-state index in [-0.39, 0.29) is 29.6 Å². The Bertz CT molecular complexity index is 705. The van der Waals surface area contributed by atoms with Gasteiger partial charge in [-0.1, -0.05) is 24.3 Å². The quantitative estimate of drug-likeness (QED) is 0.586. The van der Waals surface area contributed by atoms with Crippen LogP contribution >= 0.6 is 0 Å². The Morgan fingerprint density at radius 1 is 1.19 bits per heavy atom. The molecule has 1 aromatic carbocycles. The number of carbonyl (C=O) groups is 2. The van der Waals surface area contributed by atoms with E-state index in [1.165, 1.54) is 4.90 Å². The average Bonchev–Trinajstić information content (AvgIpc) is 3.06. The Hall–Kier alpha value is -1.90. The molecule has 3 nitrogen and oxygen atoms in total. The molecule has 2 bridgehead atoms. The first-order valence-electron chi connectivity index (χ1n) is 7.58. The largest absolute Gasteiger partial charge is 0.274 e. The van der Waals surface area contributed by atoms with Gasteiger partial charge in [0, 0.05) is 0 Å². The number of nitrogens with zero attached hydrogens (tertiary/aromatic N) is 1. The molecule has 108 valence electrons. The van der Waals surface area contributed by atoms with E-state index in [1.54, 1.807) is 0 Å². The number of aryl methyl sites for hydroxylation is 2. The van der Waals surface area contributed by atoms with Crippen molar-refractivity contribution in [3.05, 3.63) is 41.5 Å². The predicted molar refractivity (Wildman–Crippen MR) is 80.7 cm³/mol. The Morgan fingerprint density at radius 3 is 2.67 bits per heavy atom. The van der Waals surface area contributed by atoms with Gasteiger partial charge in [0.2, 0.25) is 11.8 Å². The summed E-state index contributed by atoms with van der Waals surface area (Å²) in [5.41, 5.74) is 2.28. The Balaban J connectivity index is 1.85. The molecular formula is C18H19NO2. The molecule has 2 fully saturated rings. The molecule has 3 heteroatoms. The standard InChI is InChI=1S/C18H19NO2/c1-10-4-5-11(2)14(8-10)19-16(20)15-12-6-7-13(9-12)18(15,3)17(19)21/h4-8,12-13,15H,9H2,1-3H3/t12-,13-,15+,18-/m0/s1. The van der Waals surface area contributed by atoms with E-state index >= 15 is 0 Å². The molecule has 4 atom stereocenters. The Morgan fingerprint density at radius 2 is 1.95 bits per heavy atom. The lowest BCUT2D eigenvalue weighted by Crippen LogP contribution is -2.37. The normalized spacial score (nSPS) is 36.7. The smallest absolute Gasteiger partial charge is 0.241 e. The van der Waals surface area contributed by atoms with Crippen LogP contribution in [0.25, 0.3) is 0 Å². The van der Waals surface area contributed by atoms with Gasteiger partial charge in [-0.3, -0.25) is 9.59 Å². The number of imide groups is 1. The van der Waals surface area contributed by atoms with Crippen LogP contribution in [-0.2, 0) is 9.59 Å². The van der Waals surface area contributed by atoms with Crippen LogP contribution in [0.2, 0.25) is 0 Å². The zero-order chi connectivity index (χ0) is 14.9. The highest BCUT2D eigenvalue weighted by atomic mass is 16.2. The number of anilines is 1. The molecule has 0 radical (unpaired) electrons. The predicted octanol–water partition coefficient (Wildman–Crippen LogP) is 3.01. The van der Waals surface area contributed by atoms with Gasteiger partial charge in [0.15, 0.2) is 0 Å². The molecule has 0 aromatic heterocycles. The van der Waals surface area contributed by atoms with E-state index in [1.807, 2.05) is 39.0 Å². The van der Waals surface area contributed by atoms with Crippen LogP contribution in [0.3, 0.4) is 0 Å². The van der Waals surface area contributed by atoms with E-state index in [4.69, 9.17) is 0 Å². The summed E-state index contributed by atoms with van der Waals surface area (Å²) in [6.45, 7) is 5.93. The monoisotopic (exact) mass is 281 g/mol. The van der Waals surface area contributed by atoms with Crippen molar-refractivity contribution >= 4 is 17.5 Å². The van der Waals surface area contributed by atoms with Crippen molar-refractivity contribution in [2.75, 3.05) is 4.90 Å². The van der Waals surface area contributed by atoms with E-state index < -0.39 is 5.41 Å². The van der Waals surface area contributed by atoms with E-state index in [2.05, 4.69) is 12.2 Å². The second-order valence-electron chi connectivity index (χ2n) is 6.92. The van der Waals surface area contributed by atoms with Gasteiger partial charge in [-0.25, -0.2) is 4.90 Å². The molecule has 0 spiro atoms. The van der Waals surface area contributed by atoms with Gasteiger partial charge in [-0.2, -0.15) is 0 Å². The second kappa shape index (κ2) is 3.85. The van der Waals surface area contributed by atoms with Gasteiger partial charge in [0.1, 0.15) is 0 Å². The third-order valence-electron chi connectivity index (χ3n) is 5.72. The topological polar surface area (TPSA) is 37.4 Å². The molecule has 2 amide bonds. The third-order valence-corrected chi connectivity index (χ3v) is 5.72. The molecule has 21 heavy (non-hydrogen) atoms. The van der Waals surface area contributed by atoms with E-state index in [0.717, 1.165) is 23.2 Å². The van der Waals surface area contributed by atoms with Crippen molar-refractivity contribution in [2.24, 2.45) is 23.2 Å². The lowest BCUT2D eigenvalue weighted by Gasteiger charge is -2.28.